The zero-order valence-corrected chi connectivity index (χ0v) is 18.0. The first-order valence-corrected chi connectivity index (χ1v) is 10.4. The molecule has 0 unspecified atom stereocenters. The fraction of sp³-hybridized carbons (Fsp3) is 0.280. The number of hydrogen-bond donors (Lipinski definition) is 1. The first kappa shape index (κ1) is 20.7. The molecule has 4 rings (SSSR count). The van der Waals surface area contributed by atoms with E-state index < -0.39 is 0 Å². The molecule has 0 radical (unpaired) electrons. The maximum atomic E-state index is 12.9. The Labute approximate surface area is 181 Å². The fourth-order valence-electron chi connectivity index (χ4n) is 3.57. The van der Waals surface area contributed by atoms with Crippen LogP contribution in [0.1, 0.15) is 35.5 Å². The van der Waals surface area contributed by atoms with Crippen LogP contribution in [-0.2, 0) is 17.8 Å². The molecule has 3 aromatic rings. The number of methoxy groups -OCH3 is 1. The molecule has 0 atom stereocenters. The highest BCUT2D eigenvalue weighted by molar-refractivity contribution is 5.94. The van der Waals surface area contributed by atoms with Crippen LogP contribution in [0.25, 0.3) is 11.3 Å². The summed E-state index contributed by atoms with van der Waals surface area (Å²) in [7, 11) is 1.61. The number of benzene rings is 2. The van der Waals surface area contributed by atoms with Crippen LogP contribution in [-0.4, -0.2) is 30.4 Å². The fourth-order valence-corrected chi connectivity index (χ4v) is 3.57. The van der Waals surface area contributed by atoms with Crippen LogP contribution in [0, 0.1) is 5.92 Å². The van der Waals surface area contributed by atoms with Crippen molar-refractivity contribution in [3.63, 3.8) is 0 Å². The largest absolute Gasteiger partial charge is 0.497 e. The average Bonchev–Trinajstić information content (AvgIpc) is 3.22. The van der Waals surface area contributed by atoms with E-state index in [1.807, 2.05) is 49.1 Å². The lowest BCUT2D eigenvalue weighted by molar-refractivity contribution is -0.118. The molecule has 0 fully saturated rings. The number of anilines is 1. The molecule has 6 heteroatoms. The van der Waals surface area contributed by atoms with Gasteiger partial charge in [0.15, 0.2) is 0 Å². The Bertz CT molecular complexity index is 1080. The second kappa shape index (κ2) is 8.68. The molecule has 1 aliphatic rings. The first-order chi connectivity index (χ1) is 14.9. The summed E-state index contributed by atoms with van der Waals surface area (Å²) in [5, 5.41) is 2.89. The smallest absolute Gasteiger partial charge is 0.254 e. The van der Waals surface area contributed by atoms with Crippen molar-refractivity contribution in [2.45, 2.75) is 26.8 Å². The molecule has 0 saturated heterocycles. The number of amides is 2. The number of carbonyl (C=O) groups excluding carboxylic acids is 2. The summed E-state index contributed by atoms with van der Waals surface area (Å²) in [6.45, 7) is 4.86. The molecule has 1 N–H and O–H groups in total. The summed E-state index contributed by atoms with van der Waals surface area (Å²) < 4.78 is 11.2. The Kier molecular flexibility index (Phi) is 5.80. The van der Waals surface area contributed by atoms with Crippen molar-refractivity contribution in [2.24, 2.45) is 5.92 Å². The van der Waals surface area contributed by atoms with Gasteiger partial charge in [-0.25, -0.2) is 0 Å². The maximum Gasteiger partial charge on any atom is 0.254 e. The van der Waals surface area contributed by atoms with Crippen LogP contribution in [0.2, 0.25) is 0 Å². The van der Waals surface area contributed by atoms with Gasteiger partial charge in [-0.15, -0.1) is 0 Å². The predicted molar refractivity (Wildman–Crippen MR) is 119 cm³/mol. The van der Waals surface area contributed by atoms with E-state index in [0.717, 1.165) is 34.1 Å². The van der Waals surface area contributed by atoms with E-state index in [0.29, 0.717) is 25.1 Å². The summed E-state index contributed by atoms with van der Waals surface area (Å²) in [5.41, 5.74) is 3.37. The summed E-state index contributed by atoms with van der Waals surface area (Å²) >= 11 is 0. The van der Waals surface area contributed by atoms with Crippen molar-refractivity contribution < 1.29 is 18.7 Å². The van der Waals surface area contributed by atoms with Crippen LogP contribution in [0.15, 0.2) is 59.0 Å². The Morgan fingerprint density at radius 3 is 2.42 bits per heavy atom. The number of furan rings is 1. The van der Waals surface area contributed by atoms with Crippen LogP contribution >= 0.6 is 0 Å². The molecule has 31 heavy (non-hydrogen) atoms. The summed E-state index contributed by atoms with van der Waals surface area (Å²) in [5.74, 6) is 2.34. The van der Waals surface area contributed by atoms with Gasteiger partial charge in [-0.1, -0.05) is 13.8 Å². The third-order valence-electron chi connectivity index (χ3n) is 5.45. The molecule has 6 nitrogen and oxygen atoms in total. The van der Waals surface area contributed by atoms with Gasteiger partial charge < -0.3 is 19.4 Å². The van der Waals surface area contributed by atoms with Crippen molar-refractivity contribution in [3.05, 3.63) is 71.5 Å². The van der Waals surface area contributed by atoms with Gasteiger partial charge in [-0.3, -0.25) is 9.59 Å². The van der Waals surface area contributed by atoms with E-state index in [9.17, 15) is 9.59 Å². The lowest BCUT2D eigenvalue weighted by atomic mass is 10.1. The third-order valence-corrected chi connectivity index (χ3v) is 5.45. The van der Waals surface area contributed by atoms with Gasteiger partial charge in [0, 0.05) is 47.8 Å². The summed E-state index contributed by atoms with van der Waals surface area (Å²) in [6, 6.07) is 16.8. The summed E-state index contributed by atoms with van der Waals surface area (Å²) in [4.78, 5) is 26.6. The zero-order valence-electron chi connectivity index (χ0n) is 18.0. The molecule has 0 aliphatic carbocycles. The second-order valence-corrected chi connectivity index (χ2v) is 7.99. The number of carbonyl (C=O) groups is 2. The number of fused-ring (bicyclic) bond motifs is 1. The lowest BCUT2D eigenvalue weighted by Crippen LogP contribution is -2.35. The molecule has 0 bridgehead atoms. The van der Waals surface area contributed by atoms with Gasteiger partial charge in [0.2, 0.25) is 5.91 Å². The Morgan fingerprint density at radius 1 is 1.06 bits per heavy atom. The number of nitrogens with zero attached hydrogens (tertiary/aromatic N) is 1. The van der Waals surface area contributed by atoms with E-state index in [1.54, 1.807) is 31.4 Å². The van der Waals surface area contributed by atoms with E-state index in [2.05, 4.69) is 5.32 Å². The molecule has 1 aliphatic heterocycles. The molecule has 2 amide bonds. The van der Waals surface area contributed by atoms with E-state index >= 15 is 0 Å². The molecule has 160 valence electrons. The third kappa shape index (κ3) is 4.48. The van der Waals surface area contributed by atoms with Crippen LogP contribution in [0.3, 0.4) is 0 Å². The molecule has 0 saturated carbocycles. The number of rotatable bonds is 5. The lowest BCUT2D eigenvalue weighted by Gasteiger charge is -2.26. The molecular weight excluding hydrogens is 392 g/mol. The van der Waals surface area contributed by atoms with E-state index in [4.69, 9.17) is 9.15 Å². The minimum absolute atomic E-state index is 0.00120. The quantitative estimate of drug-likeness (QED) is 0.649. The van der Waals surface area contributed by atoms with Gasteiger partial charge in [-0.2, -0.15) is 0 Å². The van der Waals surface area contributed by atoms with Gasteiger partial charge in [0.05, 0.1) is 7.11 Å². The van der Waals surface area contributed by atoms with Crippen molar-refractivity contribution >= 4 is 17.5 Å². The van der Waals surface area contributed by atoms with Gasteiger partial charge >= 0.3 is 0 Å². The maximum absolute atomic E-state index is 12.9. The molecule has 2 heterocycles. The zero-order chi connectivity index (χ0) is 22.0. The Hall–Kier alpha value is -3.54. The minimum atomic E-state index is -0.0694. The van der Waals surface area contributed by atoms with Crippen molar-refractivity contribution in [1.29, 1.82) is 0 Å². The topological polar surface area (TPSA) is 71.8 Å². The number of nitrogens with one attached hydrogen (secondary N) is 1. The molecule has 2 aromatic carbocycles. The Balaban J connectivity index is 1.46. The average molecular weight is 418 g/mol. The van der Waals surface area contributed by atoms with Crippen molar-refractivity contribution in [2.75, 3.05) is 19.0 Å². The number of ether oxygens (including phenoxy) is 1. The normalized spacial score (nSPS) is 13.1. The highest BCUT2D eigenvalue weighted by Crippen LogP contribution is 2.31. The highest BCUT2D eigenvalue weighted by atomic mass is 16.5. The Morgan fingerprint density at radius 2 is 1.77 bits per heavy atom. The predicted octanol–water partition coefficient (Wildman–Crippen LogP) is 4.75. The SMILES string of the molecule is COc1ccc(C(=O)N2CCc3oc(-c4ccc(NC(=O)C(C)C)cc4)cc3C2)cc1. The highest BCUT2D eigenvalue weighted by Gasteiger charge is 2.25. The summed E-state index contributed by atoms with van der Waals surface area (Å²) in [6.07, 6.45) is 0.680. The van der Waals surface area contributed by atoms with Crippen molar-refractivity contribution in [1.82, 2.24) is 4.90 Å². The van der Waals surface area contributed by atoms with Crippen LogP contribution in [0.4, 0.5) is 5.69 Å². The minimum Gasteiger partial charge on any atom is -0.497 e. The van der Waals surface area contributed by atoms with Gasteiger partial charge in [0.1, 0.15) is 17.3 Å². The van der Waals surface area contributed by atoms with Gasteiger partial charge in [0.25, 0.3) is 5.91 Å². The monoisotopic (exact) mass is 418 g/mol. The van der Waals surface area contributed by atoms with E-state index in [-0.39, 0.29) is 17.7 Å². The van der Waals surface area contributed by atoms with Crippen LogP contribution in [0.5, 0.6) is 5.75 Å². The van der Waals surface area contributed by atoms with Crippen molar-refractivity contribution in [3.8, 4) is 17.1 Å². The second-order valence-electron chi connectivity index (χ2n) is 7.99. The standard InChI is InChI=1S/C25H26N2O4/c1-16(2)24(28)26-20-8-4-17(5-9-20)23-14-19-15-27(13-12-22(19)31-23)25(29)18-6-10-21(30-3)11-7-18/h4-11,14,16H,12-13,15H2,1-3H3,(H,26,28). The number of hydrogen-bond acceptors (Lipinski definition) is 4. The molecular formula is C25H26N2O4. The van der Waals surface area contributed by atoms with Crippen LogP contribution < -0.4 is 10.1 Å². The first-order valence-electron chi connectivity index (χ1n) is 10.4. The van der Waals surface area contributed by atoms with E-state index in [1.165, 1.54) is 0 Å². The molecule has 1 aromatic heterocycles. The molecule has 0 spiro atoms. The van der Waals surface area contributed by atoms with Gasteiger partial charge in [-0.05, 0) is 54.6 Å².